The van der Waals surface area contributed by atoms with Gasteiger partial charge in [0.15, 0.2) is 0 Å². The molecule has 1 aromatic heterocycles. The zero-order chi connectivity index (χ0) is 13.5. The molecule has 4 nitrogen and oxygen atoms in total. The number of hydrogen-bond acceptors (Lipinski definition) is 3. The van der Waals surface area contributed by atoms with Gasteiger partial charge in [-0.05, 0) is 23.3 Å². The van der Waals surface area contributed by atoms with Gasteiger partial charge in [-0.25, -0.2) is 0 Å². The third kappa shape index (κ3) is 4.26. The molecule has 0 radical (unpaired) electrons. The summed E-state index contributed by atoms with van der Waals surface area (Å²) in [6, 6.07) is 11.4. The largest absolute Gasteiger partial charge is 0.481 e. The molecule has 0 aliphatic rings. The Morgan fingerprint density at radius 2 is 1.95 bits per heavy atom. The number of nitrogens with one attached hydrogen (secondary N) is 1. The Morgan fingerprint density at radius 3 is 2.63 bits per heavy atom. The number of carboxylic acids is 1. The number of carboxylic acid groups (broad SMARTS) is 1. The van der Waals surface area contributed by atoms with E-state index in [0.717, 1.165) is 29.9 Å². The monoisotopic (exact) mass is 259 g/mol. The zero-order valence-electron chi connectivity index (χ0n) is 10.6. The van der Waals surface area contributed by atoms with Crippen molar-refractivity contribution in [3.05, 3.63) is 59.5 Å². The fraction of sp³-hybridized carbons (Fsp3) is 0.267. The Labute approximate surface area is 112 Å². The van der Waals surface area contributed by atoms with Crippen molar-refractivity contribution >= 4 is 5.97 Å². The van der Waals surface area contributed by atoms with Crippen molar-refractivity contribution in [2.75, 3.05) is 6.54 Å². The molecule has 19 heavy (non-hydrogen) atoms. The van der Waals surface area contributed by atoms with Crippen LogP contribution in [0.3, 0.4) is 0 Å². The van der Waals surface area contributed by atoms with Gasteiger partial charge < -0.3 is 14.8 Å². The highest BCUT2D eigenvalue weighted by Gasteiger charge is 2.05. The normalized spacial score (nSPS) is 10.5. The molecule has 1 aromatic carbocycles. The number of carbonyl (C=O) groups is 1. The highest BCUT2D eigenvalue weighted by Crippen LogP contribution is 2.09. The molecular formula is C15H17NO3. The SMILES string of the molecule is O=C(O)Cc1ccccc1CNCCc1ccco1. The van der Waals surface area contributed by atoms with E-state index in [0.29, 0.717) is 6.54 Å². The summed E-state index contributed by atoms with van der Waals surface area (Å²) < 4.78 is 5.24. The van der Waals surface area contributed by atoms with E-state index in [1.807, 2.05) is 36.4 Å². The summed E-state index contributed by atoms with van der Waals surface area (Å²) in [6.07, 6.45) is 2.56. The van der Waals surface area contributed by atoms with Gasteiger partial charge in [0.25, 0.3) is 0 Å². The predicted octanol–water partition coefficient (Wildman–Crippen LogP) is 2.24. The molecule has 100 valence electrons. The molecule has 0 fully saturated rings. The molecule has 0 aliphatic carbocycles. The molecule has 2 aromatic rings. The second kappa shape index (κ2) is 6.75. The van der Waals surface area contributed by atoms with E-state index in [-0.39, 0.29) is 6.42 Å². The minimum Gasteiger partial charge on any atom is -0.481 e. The summed E-state index contributed by atoms with van der Waals surface area (Å²) in [5, 5.41) is 12.2. The molecule has 4 heteroatoms. The van der Waals surface area contributed by atoms with Gasteiger partial charge in [0.2, 0.25) is 0 Å². The molecular weight excluding hydrogens is 242 g/mol. The topological polar surface area (TPSA) is 62.5 Å². The minimum absolute atomic E-state index is 0.0655. The first-order valence-electron chi connectivity index (χ1n) is 6.27. The van der Waals surface area contributed by atoms with Crippen molar-refractivity contribution in [3.8, 4) is 0 Å². The van der Waals surface area contributed by atoms with Crippen LogP contribution in [-0.2, 0) is 24.2 Å². The molecule has 0 bridgehead atoms. The standard InChI is InChI=1S/C15H17NO3/c17-15(18)10-12-4-1-2-5-13(12)11-16-8-7-14-6-3-9-19-14/h1-6,9,16H,7-8,10-11H2,(H,17,18). The van der Waals surface area contributed by atoms with E-state index in [1.165, 1.54) is 0 Å². The van der Waals surface area contributed by atoms with Crippen LogP contribution in [0.15, 0.2) is 47.1 Å². The molecule has 1 heterocycles. The first kappa shape index (κ1) is 13.4. The summed E-state index contributed by atoms with van der Waals surface area (Å²) in [5.74, 6) is 0.148. The predicted molar refractivity (Wildman–Crippen MR) is 71.9 cm³/mol. The summed E-state index contributed by atoms with van der Waals surface area (Å²) in [4.78, 5) is 10.8. The van der Waals surface area contributed by atoms with Crippen LogP contribution in [0.2, 0.25) is 0 Å². The van der Waals surface area contributed by atoms with Gasteiger partial charge >= 0.3 is 5.97 Å². The highest BCUT2D eigenvalue weighted by molar-refractivity contribution is 5.70. The van der Waals surface area contributed by atoms with Gasteiger partial charge in [0, 0.05) is 19.5 Å². The van der Waals surface area contributed by atoms with Crippen molar-refractivity contribution in [3.63, 3.8) is 0 Å². The van der Waals surface area contributed by atoms with Crippen LogP contribution in [0, 0.1) is 0 Å². The van der Waals surface area contributed by atoms with Gasteiger partial charge in [0.1, 0.15) is 5.76 Å². The van der Waals surface area contributed by atoms with Crippen LogP contribution in [0.4, 0.5) is 0 Å². The molecule has 2 rings (SSSR count). The van der Waals surface area contributed by atoms with Crippen molar-refractivity contribution in [1.29, 1.82) is 0 Å². The molecule has 0 saturated heterocycles. The van der Waals surface area contributed by atoms with Crippen molar-refractivity contribution < 1.29 is 14.3 Å². The van der Waals surface area contributed by atoms with Gasteiger partial charge in [0.05, 0.1) is 12.7 Å². The zero-order valence-corrected chi connectivity index (χ0v) is 10.6. The van der Waals surface area contributed by atoms with E-state index in [9.17, 15) is 4.79 Å². The fourth-order valence-electron chi connectivity index (χ4n) is 1.95. The van der Waals surface area contributed by atoms with E-state index in [2.05, 4.69) is 5.32 Å². The van der Waals surface area contributed by atoms with Crippen LogP contribution in [0.1, 0.15) is 16.9 Å². The molecule has 0 amide bonds. The lowest BCUT2D eigenvalue weighted by Crippen LogP contribution is -2.18. The van der Waals surface area contributed by atoms with E-state index in [1.54, 1.807) is 6.26 Å². The number of benzene rings is 1. The first-order valence-corrected chi connectivity index (χ1v) is 6.27. The van der Waals surface area contributed by atoms with Crippen LogP contribution in [-0.4, -0.2) is 17.6 Å². The van der Waals surface area contributed by atoms with E-state index >= 15 is 0 Å². The lowest BCUT2D eigenvalue weighted by atomic mass is 10.0. The van der Waals surface area contributed by atoms with E-state index < -0.39 is 5.97 Å². The second-order valence-corrected chi connectivity index (χ2v) is 4.35. The lowest BCUT2D eigenvalue weighted by Gasteiger charge is -2.08. The molecule has 2 N–H and O–H groups in total. The summed E-state index contributed by atoms with van der Waals surface area (Å²) in [7, 11) is 0. The Morgan fingerprint density at radius 1 is 1.16 bits per heavy atom. The number of furan rings is 1. The Bertz CT molecular complexity index is 520. The summed E-state index contributed by atoms with van der Waals surface area (Å²) >= 11 is 0. The highest BCUT2D eigenvalue weighted by atomic mass is 16.4. The Balaban J connectivity index is 1.83. The number of hydrogen-bond donors (Lipinski definition) is 2. The van der Waals surface area contributed by atoms with Crippen molar-refractivity contribution in [2.24, 2.45) is 0 Å². The van der Waals surface area contributed by atoms with Gasteiger partial charge in [-0.1, -0.05) is 24.3 Å². The molecule has 0 aliphatic heterocycles. The first-order chi connectivity index (χ1) is 9.25. The quantitative estimate of drug-likeness (QED) is 0.748. The smallest absolute Gasteiger partial charge is 0.307 e. The Hall–Kier alpha value is -2.07. The minimum atomic E-state index is -0.803. The summed E-state index contributed by atoms with van der Waals surface area (Å²) in [6.45, 7) is 1.47. The van der Waals surface area contributed by atoms with E-state index in [4.69, 9.17) is 9.52 Å². The average molecular weight is 259 g/mol. The van der Waals surface area contributed by atoms with Crippen LogP contribution in [0.5, 0.6) is 0 Å². The molecule has 0 saturated carbocycles. The van der Waals surface area contributed by atoms with Crippen molar-refractivity contribution in [2.45, 2.75) is 19.4 Å². The second-order valence-electron chi connectivity index (χ2n) is 4.35. The molecule has 0 spiro atoms. The van der Waals surface area contributed by atoms with Crippen LogP contribution >= 0.6 is 0 Å². The lowest BCUT2D eigenvalue weighted by molar-refractivity contribution is -0.136. The number of aliphatic carboxylic acids is 1. The average Bonchev–Trinajstić information content (AvgIpc) is 2.89. The maximum absolute atomic E-state index is 10.8. The maximum atomic E-state index is 10.8. The summed E-state index contributed by atoms with van der Waals surface area (Å²) in [5.41, 5.74) is 1.89. The Kier molecular flexibility index (Phi) is 4.75. The number of rotatable bonds is 7. The van der Waals surface area contributed by atoms with Crippen LogP contribution in [0.25, 0.3) is 0 Å². The van der Waals surface area contributed by atoms with Gasteiger partial charge in [-0.3, -0.25) is 4.79 Å². The van der Waals surface area contributed by atoms with Gasteiger partial charge in [-0.2, -0.15) is 0 Å². The van der Waals surface area contributed by atoms with Crippen LogP contribution < -0.4 is 5.32 Å². The third-order valence-corrected chi connectivity index (χ3v) is 2.90. The molecule has 0 atom stereocenters. The van der Waals surface area contributed by atoms with Crippen molar-refractivity contribution in [1.82, 2.24) is 5.32 Å². The fourth-order valence-corrected chi connectivity index (χ4v) is 1.95. The molecule has 0 unspecified atom stereocenters. The maximum Gasteiger partial charge on any atom is 0.307 e. The third-order valence-electron chi connectivity index (χ3n) is 2.90. The van der Waals surface area contributed by atoms with Gasteiger partial charge in [-0.15, -0.1) is 0 Å².